The lowest BCUT2D eigenvalue weighted by Crippen LogP contribution is -2.04. The molecule has 3 heteroatoms. The Morgan fingerprint density at radius 2 is 1.50 bits per heavy atom. The van der Waals surface area contributed by atoms with Crippen LogP contribution in [0, 0.1) is 0 Å². The van der Waals surface area contributed by atoms with Gasteiger partial charge in [0.1, 0.15) is 5.82 Å². The highest BCUT2D eigenvalue weighted by Crippen LogP contribution is 2.30. The molecule has 0 N–H and O–H groups in total. The number of nitrogens with zero attached hydrogens (tertiary/aromatic N) is 2. The molecule has 0 unspecified atom stereocenters. The smallest absolute Gasteiger partial charge is 0.142 e. The lowest BCUT2D eigenvalue weighted by Gasteiger charge is -2.10. The van der Waals surface area contributed by atoms with Crippen molar-refractivity contribution in [1.82, 2.24) is 9.55 Å². The van der Waals surface area contributed by atoms with Gasteiger partial charge in [-0.15, -0.1) is 0 Å². The van der Waals surface area contributed by atoms with Gasteiger partial charge in [-0.2, -0.15) is 0 Å². The summed E-state index contributed by atoms with van der Waals surface area (Å²) in [5.74, 6) is 0.928. The first kappa shape index (κ1) is 15.0. The molecule has 0 aliphatic rings. The van der Waals surface area contributed by atoms with Crippen molar-refractivity contribution in [2.24, 2.45) is 0 Å². The van der Waals surface area contributed by atoms with Gasteiger partial charge >= 0.3 is 0 Å². The molecule has 0 radical (unpaired) electrons. The zero-order valence-corrected chi connectivity index (χ0v) is 13.9. The molecule has 0 atom stereocenters. The van der Waals surface area contributed by atoms with E-state index in [9.17, 15) is 0 Å². The number of imidazole rings is 1. The van der Waals surface area contributed by atoms with E-state index in [1.165, 1.54) is 5.56 Å². The van der Waals surface area contributed by atoms with Gasteiger partial charge in [0.15, 0.2) is 0 Å². The van der Waals surface area contributed by atoms with E-state index >= 15 is 0 Å². The molecule has 0 saturated carbocycles. The summed E-state index contributed by atoms with van der Waals surface area (Å²) in [5.41, 5.74) is 4.44. The lowest BCUT2D eigenvalue weighted by molar-refractivity contribution is 0.723. The second kappa shape index (κ2) is 6.50. The minimum absolute atomic E-state index is 0.730. The van der Waals surface area contributed by atoms with Gasteiger partial charge in [-0.25, -0.2) is 4.98 Å². The minimum Gasteiger partial charge on any atom is -0.324 e. The fourth-order valence-corrected chi connectivity index (χ4v) is 3.26. The largest absolute Gasteiger partial charge is 0.324 e. The number of halogens is 1. The Bertz CT molecular complexity index is 973. The third-order valence-corrected chi connectivity index (χ3v) is 4.57. The van der Waals surface area contributed by atoms with Crippen molar-refractivity contribution in [3.05, 3.63) is 89.4 Å². The van der Waals surface area contributed by atoms with Crippen LogP contribution in [0.2, 0.25) is 5.02 Å². The highest BCUT2D eigenvalue weighted by atomic mass is 35.5. The number of hydrogen-bond acceptors (Lipinski definition) is 1. The van der Waals surface area contributed by atoms with Gasteiger partial charge in [0.2, 0.25) is 0 Å². The number of rotatable bonds is 4. The summed E-state index contributed by atoms with van der Waals surface area (Å²) < 4.78 is 2.27. The number of hydrogen-bond donors (Lipinski definition) is 0. The van der Waals surface area contributed by atoms with Gasteiger partial charge < -0.3 is 4.57 Å². The zero-order valence-electron chi connectivity index (χ0n) is 13.2. The van der Waals surface area contributed by atoms with Crippen LogP contribution in [0.25, 0.3) is 22.4 Å². The Kier molecular flexibility index (Phi) is 4.06. The lowest BCUT2D eigenvalue weighted by atomic mass is 10.1. The van der Waals surface area contributed by atoms with Crippen LogP contribution in [0.4, 0.5) is 0 Å². The van der Waals surface area contributed by atoms with Crippen LogP contribution in [-0.4, -0.2) is 9.55 Å². The van der Waals surface area contributed by atoms with E-state index in [4.69, 9.17) is 16.6 Å². The summed E-state index contributed by atoms with van der Waals surface area (Å²) in [6.07, 6.45) is 0.957. The molecule has 1 aromatic heterocycles. The maximum absolute atomic E-state index is 6.42. The summed E-state index contributed by atoms with van der Waals surface area (Å²) in [6, 6.07) is 26.7. The van der Waals surface area contributed by atoms with E-state index in [-0.39, 0.29) is 0 Å². The third kappa shape index (κ3) is 2.81. The van der Waals surface area contributed by atoms with Gasteiger partial charge in [0, 0.05) is 12.1 Å². The monoisotopic (exact) mass is 332 g/mol. The molecule has 2 nitrogen and oxygen atoms in total. The van der Waals surface area contributed by atoms with Crippen LogP contribution < -0.4 is 0 Å². The number of fused-ring (bicyclic) bond motifs is 1. The summed E-state index contributed by atoms with van der Waals surface area (Å²) in [7, 11) is 0. The van der Waals surface area contributed by atoms with Gasteiger partial charge in [0.25, 0.3) is 0 Å². The second-order valence-electron chi connectivity index (χ2n) is 5.79. The summed E-state index contributed by atoms with van der Waals surface area (Å²) >= 11 is 6.42. The molecule has 118 valence electrons. The van der Waals surface area contributed by atoms with E-state index in [2.05, 4.69) is 47.0 Å². The molecule has 0 saturated heterocycles. The normalized spacial score (nSPS) is 11.0. The first-order valence-corrected chi connectivity index (χ1v) is 8.45. The van der Waals surface area contributed by atoms with Crippen LogP contribution in [-0.2, 0) is 13.0 Å². The Morgan fingerprint density at radius 3 is 2.33 bits per heavy atom. The first-order chi connectivity index (χ1) is 11.8. The second-order valence-corrected chi connectivity index (χ2v) is 6.20. The molecule has 0 fully saturated rings. The minimum atomic E-state index is 0.730. The number of aryl methyl sites for hydroxylation is 2. The predicted octanol–water partition coefficient (Wildman–Crippen LogP) is 5.60. The third-order valence-electron chi connectivity index (χ3n) is 4.24. The van der Waals surface area contributed by atoms with Crippen LogP contribution in [0.1, 0.15) is 5.56 Å². The van der Waals surface area contributed by atoms with Gasteiger partial charge in [-0.05, 0) is 36.2 Å². The molecule has 1 heterocycles. The van der Waals surface area contributed by atoms with Crippen LogP contribution >= 0.6 is 11.6 Å². The van der Waals surface area contributed by atoms with Crippen molar-refractivity contribution >= 4 is 22.6 Å². The van der Waals surface area contributed by atoms with E-state index < -0.39 is 0 Å². The molecule has 0 aliphatic carbocycles. The first-order valence-electron chi connectivity index (χ1n) is 8.07. The maximum atomic E-state index is 6.42. The topological polar surface area (TPSA) is 17.8 Å². The quantitative estimate of drug-likeness (QED) is 0.475. The summed E-state index contributed by atoms with van der Waals surface area (Å²) in [5, 5.41) is 0.730. The van der Waals surface area contributed by atoms with Crippen LogP contribution in [0.3, 0.4) is 0 Å². The molecule has 4 rings (SSSR count). The highest BCUT2D eigenvalue weighted by Gasteiger charge is 2.14. The Hall–Kier alpha value is -2.58. The average molecular weight is 333 g/mol. The van der Waals surface area contributed by atoms with Crippen molar-refractivity contribution in [3.63, 3.8) is 0 Å². The number of benzene rings is 3. The maximum Gasteiger partial charge on any atom is 0.142 e. The van der Waals surface area contributed by atoms with E-state index in [0.717, 1.165) is 40.4 Å². The molecule has 0 aliphatic heterocycles. The molecule has 0 amide bonds. The zero-order chi connectivity index (χ0) is 16.4. The fourth-order valence-electron chi connectivity index (χ4n) is 3.04. The summed E-state index contributed by atoms with van der Waals surface area (Å²) in [4.78, 5) is 4.83. The van der Waals surface area contributed by atoms with Crippen molar-refractivity contribution in [2.75, 3.05) is 0 Å². The van der Waals surface area contributed by atoms with Crippen LogP contribution in [0.5, 0.6) is 0 Å². The molecule has 0 spiro atoms. The van der Waals surface area contributed by atoms with Crippen molar-refractivity contribution in [1.29, 1.82) is 0 Å². The fraction of sp³-hybridized carbons (Fsp3) is 0.0952. The van der Waals surface area contributed by atoms with Crippen LogP contribution in [0.15, 0.2) is 78.9 Å². The number of para-hydroxylation sites is 2. The van der Waals surface area contributed by atoms with Crippen molar-refractivity contribution in [3.8, 4) is 11.4 Å². The predicted molar refractivity (Wildman–Crippen MR) is 100 cm³/mol. The van der Waals surface area contributed by atoms with Crippen molar-refractivity contribution < 1.29 is 0 Å². The number of aromatic nitrogens is 2. The highest BCUT2D eigenvalue weighted by molar-refractivity contribution is 6.33. The molecule has 0 bridgehead atoms. The molecule has 24 heavy (non-hydrogen) atoms. The Morgan fingerprint density at radius 1 is 0.792 bits per heavy atom. The Labute approximate surface area is 146 Å². The van der Waals surface area contributed by atoms with E-state index in [1.807, 2.05) is 36.4 Å². The van der Waals surface area contributed by atoms with Gasteiger partial charge in [-0.3, -0.25) is 0 Å². The molecule has 3 aromatic carbocycles. The molecular weight excluding hydrogens is 316 g/mol. The van der Waals surface area contributed by atoms with Gasteiger partial charge in [-0.1, -0.05) is 66.2 Å². The van der Waals surface area contributed by atoms with Crippen molar-refractivity contribution in [2.45, 2.75) is 13.0 Å². The molecule has 4 aromatic rings. The SMILES string of the molecule is Clc1ccccc1-c1nc2ccccc2n1CCc1ccccc1. The Balaban J connectivity index is 1.80. The van der Waals surface area contributed by atoms with E-state index in [1.54, 1.807) is 0 Å². The van der Waals surface area contributed by atoms with E-state index in [0.29, 0.717) is 0 Å². The van der Waals surface area contributed by atoms with Gasteiger partial charge in [0.05, 0.1) is 16.1 Å². The standard InChI is InChI=1S/C21H17ClN2/c22-18-11-5-4-10-17(18)21-23-19-12-6-7-13-20(19)24(21)15-14-16-8-2-1-3-9-16/h1-13H,14-15H2. The average Bonchev–Trinajstić information content (AvgIpc) is 2.99. The molecular formula is C21H17ClN2. The summed E-state index contributed by atoms with van der Waals surface area (Å²) in [6.45, 7) is 0.866.